The Morgan fingerprint density at radius 3 is 1.76 bits per heavy atom. The Bertz CT molecular complexity index is 2140. The Kier molecular flexibility index (Phi) is 5.15. The Labute approximate surface area is 272 Å². The maximum atomic E-state index is 6.54. The van der Waals surface area contributed by atoms with E-state index in [-0.39, 0.29) is 18.8 Å². The molecule has 5 heteroatoms. The van der Waals surface area contributed by atoms with Crippen LogP contribution in [-0.2, 0) is 5.41 Å². The highest BCUT2D eigenvalue weighted by Gasteiger charge is 2.47. The molecule has 0 N–H and O–H groups in total. The summed E-state index contributed by atoms with van der Waals surface area (Å²) >= 11 is 0. The van der Waals surface area contributed by atoms with Crippen LogP contribution in [0.5, 0.6) is 23.0 Å². The van der Waals surface area contributed by atoms with Gasteiger partial charge in [0.25, 0.3) is 13.4 Å². The highest BCUT2D eigenvalue weighted by Crippen LogP contribution is 2.39. The number of ether oxygens (including phenoxy) is 2. The molecule has 4 aliphatic rings. The van der Waals surface area contributed by atoms with Crippen molar-refractivity contribution < 1.29 is 9.47 Å². The topological polar surface area (TPSA) is 18.5 Å². The fraction of sp³-hybridized carbons (Fsp3) is 0.122. The van der Waals surface area contributed by atoms with E-state index < -0.39 is 8.07 Å². The molecule has 46 heavy (non-hydrogen) atoms. The van der Waals surface area contributed by atoms with Gasteiger partial charge in [-0.25, -0.2) is 0 Å². The number of rotatable bonds is 1. The predicted octanol–water partition coefficient (Wildman–Crippen LogP) is 4.37. The van der Waals surface area contributed by atoms with E-state index in [1.807, 2.05) is 0 Å². The van der Waals surface area contributed by atoms with E-state index >= 15 is 0 Å². The minimum atomic E-state index is -1.96. The summed E-state index contributed by atoms with van der Waals surface area (Å²) in [6, 6.07) is 45.0. The summed E-state index contributed by atoms with van der Waals surface area (Å²) in [7, 11) is -1.96. The maximum Gasteiger partial charge on any atom is 0.251 e. The lowest BCUT2D eigenvalue weighted by Crippen LogP contribution is -2.77. The zero-order valence-electron chi connectivity index (χ0n) is 26.5. The summed E-state index contributed by atoms with van der Waals surface area (Å²) in [5.41, 5.74) is 13.2. The van der Waals surface area contributed by atoms with Gasteiger partial charge in [-0.1, -0.05) is 145 Å². The third kappa shape index (κ3) is 3.34. The number of para-hydroxylation sites is 2. The Morgan fingerprint density at radius 2 is 1.04 bits per heavy atom. The minimum absolute atomic E-state index is 0.136. The molecule has 0 aliphatic carbocycles. The van der Waals surface area contributed by atoms with Gasteiger partial charge in [-0.15, -0.1) is 0 Å². The smallest absolute Gasteiger partial charge is 0.251 e. The first-order chi connectivity index (χ1) is 22.3. The van der Waals surface area contributed by atoms with Gasteiger partial charge in [0.1, 0.15) is 31.1 Å². The van der Waals surface area contributed by atoms with Gasteiger partial charge in [-0.05, 0) is 68.4 Å². The highest BCUT2D eigenvalue weighted by atomic mass is 28.3. The van der Waals surface area contributed by atoms with Crippen LogP contribution in [0.2, 0.25) is 13.1 Å². The third-order valence-electron chi connectivity index (χ3n) is 11.4. The summed E-state index contributed by atoms with van der Waals surface area (Å²) in [5.74, 6) is 3.93. The van der Waals surface area contributed by atoms with Crippen LogP contribution in [0.4, 0.5) is 0 Å². The molecule has 218 valence electrons. The minimum Gasteiger partial charge on any atom is -0.458 e. The Morgan fingerprint density at radius 1 is 0.478 bits per heavy atom. The van der Waals surface area contributed by atoms with Crippen molar-refractivity contribution in [3.63, 3.8) is 0 Å². The van der Waals surface area contributed by atoms with Gasteiger partial charge in [-0.3, -0.25) is 0 Å². The average Bonchev–Trinajstić information content (AvgIpc) is 3.07. The molecule has 0 fully saturated rings. The van der Waals surface area contributed by atoms with E-state index in [1.165, 1.54) is 65.4 Å². The lowest BCUT2D eigenvalue weighted by atomic mass is 9.30. The number of benzene rings is 6. The van der Waals surface area contributed by atoms with Crippen LogP contribution in [0.15, 0.2) is 121 Å². The molecule has 0 amide bonds. The van der Waals surface area contributed by atoms with E-state index in [1.54, 1.807) is 0 Å². The third-order valence-corrected chi connectivity index (χ3v) is 14.9. The van der Waals surface area contributed by atoms with E-state index in [0.717, 1.165) is 23.0 Å². The van der Waals surface area contributed by atoms with E-state index in [4.69, 9.17) is 9.47 Å². The normalized spacial score (nSPS) is 16.4. The van der Waals surface area contributed by atoms with Crippen molar-refractivity contribution in [3.05, 3.63) is 132 Å². The fourth-order valence-corrected chi connectivity index (χ4v) is 12.3. The fourth-order valence-electron chi connectivity index (χ4n) is 9.16. The molecule has 0 radical (unpaired) electrons. The van der Waals surface area contributed by atoms with E-state index in [9.17, 15) is 0 Å². The van der Waals surface area contributed by atoms with Crippen LogP contribution in [0.1, 0.15) is 25.0 Å². The van der Waals surface area contributed by atoms with Crippen molar-refractivity contribution in [2.45, 2.75) is 32.4 Å². The van der Waals surface area contributed by atoms with Crippen molar-refractivity contribution in [2.24, 2.45) is 0 Å². The van der Waals surface area contributed by atoms with Crippen LogP contribution < -0.4 is 52.6 Å². The van der Waals surface area contributed by atoms with Gasteiger partial charge in [-0.2, -0.15) is 0 Å². The highest BCUT2D eigenvalue weighted by molar-refractivity contribution is 7.14. The molecule has 0 bridgehead atoms. The standard InChI is InChI=1S/C41H32B2O2Si/c1-41(2)27-21-19-25(23-31(27)42-29-12-5-7-14-33(29)44-35-16-9-11-28(41)39(35)42)26-20-22-37-32(24-26)43-30-13-6-8-15-34(30)45-36-17-10-18-38(40(36)43)46(37,3)4/h5-24H,1-4H3. The second kappa shape index (κ2) is 8.95. The molecule has 4 aliphatic heterocycles. The van der Waals surface area contributed by atoms with Crippen LogP contribution >= 0.6 is 0 Å². The van der Waals surface area contributed by atoms with Crippen molar-refractivity contribution in [2.75, 3.05) is 0 Å². The Balaban J connectivity index is 1.19. The van der Waals surface area contributed by atoms with Gasteiger partial charge >= 0.3 is 0 Å². The molecule has 10 rings (SSSR count). The molecule has 0 aromatic heterocycles. The number of hydrogen-bond acceptors (Lipinski definition) is 2. The zero-order valence-corrected chi connectivity index (χ0v) is 27.5. The first kappa shape index (κ1) is 26.5. The average molecular weight is 606 g/mol. The van der Waals surface area contributed by atoms with E-state index in [0.29, 0.717) is 0 Å². The predicted molar refractivity (Wildman–Crippen MR) is 196 cm³/mol. The number of hydrogen-bond donors (Lipinski definition) is 0. The van der Waals surface area contributed by atoms with Gasteiger partial charge in [0.2, 0.25) is 0 Å². The quantitative estimate of drug-likeness (QED) is 0.259. The molecule has 0 saturated carbocycles. The first-order valence-electron chi connectivity index (χ1n) is 16.4. The lowest BCUT2D eigenvalue weighted by molar-refractivity contribution is 0.484. The van der Waals surface area contributed by atoms with Crippen molar-refractivity contribution >= 4 is 64.6 Å². The van der Waals surface area contributed by atoms with Crippen molar-refractivity contribution in [1.82, 2.24) is 0 Å². The van der Waals surface area contributed by atoms with Gasteiger partial charge in [0, 0.05) is 5.41 Å². The van der Waals surface area contributed by atoms with Gasteiger partial charge in [0.15, 0.2) is 0 Å². The molecule has 0 saturated heterocycles. The molecule has 0 spiro atoms. The summed E-state index contributed by atoms with van der Waals surface area (Å²) in [4.78, 5) is 0. The zero-order chi connectivity index (χ0) is 30.9. The summed E-state index contributed by atoms with van der Waals surface area (Å²) < 4.78 is 13.1. The summed E-state index contributed by atoms with van der Waals surface area (Å²) in [5, 5.41) is 3.02. The summed E-state index contributed by atoms with van der Waals surface area (Å²) in [6.07, 6.45) is 0. The van der Waals surface area contributed by atoms with Crippen molar-refractivity contribution in [1.29, 1.82) is 0 Å². The molecule has 4 heterocycles. The monoisotopic (exact) mass is 606 g/mol. The molecule has 2 nitrogen and oxygen atoms in total. The molecule has 0 atom stereocenters. The van der Waals surface area contributed by atoms with Crippen LogP contribution in [-0.4, -0.2) is 21.5 Å². The van der Waals surface area contributed by atoms with Crippen molar-refractivity contribution in [3.8, 4) is 34.1 Å². The van der Waals surface area contributed by atoms with Crippen LogP contribution in [0, 0.1) is 0 Å². The Hall–Kier alpha value is -4.73. The lowest BCUT2D eigenvalue weighted by Gasteiger charge is -2.42. The van der Waals surface area contributed by atoms with Gasteiger partial charge in [0.05, 0.1) is 0 Å². The molecule has 6 aromatic carbocycles. The second-order valence-electron chi connectivity index (χ2n) is 14.4. The largest absolute Gasteiger partial charge is 0.458 e. The van der Waals surface area contributed by atoms with E-state index in [2.05, 4.69) is 148 Å². The SMILES string of the molecule is CC1(C)c2ccc(-c3ccc4c(c3)B3c5ccccc5Oc5cccc(c53)[Si]4(C)C)cc2B2c3ccccc3Oc3cccc1c32. The second-order valence-corrected chi connectivity index (χ2v) is 18.8. The molecular weight excluding hydrogens is 574 g/mol. The summed E-state index contributed by atoms with van der Waals surface area (Å²) in [6.45, 7) is 10.0. The maximum absolute atomic E-state index is 6.54. The van der Waals surface area contributed by atoms with Crippen LogP contribution in [0.3, 0.4) is 0 Å². The first-order valence-corrected chi connectivity index (χ1v) is 19.4. The molecular formula is C41H32B2O2Si. The van der Waals surface area contributed by atoms with Crippen LogP contribution in [0.25, 0.3) is 11.1 Å². The molecule has 0 unspecified atom stereocenters. The number of fused-ring (bicyclic) bond motifs is 8. The van der Waals surface area contributed by atoms with Gasteiger partial charge < -0.3 is 9.47 Å². The molecule has 6 aromatic rings.